The molecular weight excluding hydrogens is 220 g/mol. The number of aromatic nitrogens is 2. The number of nitrogens with zero attached hydrogens (tertiary/aromatic N) is 2. The lowest BCUT2D eigenvalue weighted by molar-refractivity contribution is 0.0957. The summed E-state index contributed by atoms with van der Waals surface area (Å²) in [4.78, 5) is 11.2. The summed E-state index contributed by atoms with van der Waals surface area (Å²) in [5.41, 5.74) is 0.111. The van der Waals surface area contributed by atoms with Gasteiger partial charge in [0.25, 0.3) is 15.9 Å². The Labute approximate surface area is 86.5 Å². The molecule has 2 N–H and O–H groups in total. The minimum Gasteiger partial charge on any atom is -0.354 e. The van der Waals surface area contributed by atoms with Gasteiger partial charge in [0, 0.05) is 19.7 Å². The van der Waals surface area contributed by atoms with Crippen molar-refractivity contribution in [3.63, 3.8) is 0 Å². The topological polar surface area (TPSA) is 93.1 Å². The lowest BCUT2D eigenvalue weighted by Crippen LogP contribution is -2.35. The number of amides is 1. The first-order valence-corrected chi connectivity index (χ1v) is 5.82. The molecule has 7 nitrogen and oxygen atoms in total. The van der Waals surface area contributed by atoms with E-state index in [0.717, 1.165) is 0 Å². The average molecular weight is 230 g/mol. The Balaban J connectivity index is 2.52. The maximum absolute atomic E-state index is 11.5. The molecule has 1 aliphatic heterocycles. The van der Waals surface area contributed by atoms with Gasteiger partial charge in [0.1, 0.15) is 0 Å². The highest BCUT2D eigenvalue weighted by atomic mass is 32.2. The van der Waals surface area contributed by atoms with Crippen molar-refractivity contribution in [2.45, 2.75) is 11.6 Å². The number of nitrogens with one attached hydrogen (secondary N) is 2. The van der Waals surface area contributed by atoms with Crippen LogP contribution in [0.5, 0.6) is 0 Å². The summed E-state index contributed by atoms with van der Waals surface area (Å²) in [5, 5.41) is 6.32. The standard InChI is InChI=1S/C7H10N4O3S/c1-8-7(12)5-4-6-11(10-5)3-2-9-15(6,13)14/h4,9H,2-3H2,1H3,(H,8,12). The van der Waals surface area contributed by atoms with Gasteiger partial charge in [-0.05, 0) is 0 Å². The average Bonchev–Trinajstić information content (AvgIpc) is 2.61. The molecule has 2 rings (SSSR count). The molecule has 0 bridgehead atoms. The molecule has 1 aliphatic rings. The van der Waals surface area contributed by atoms with Crippen LogP contribution in [-0.2, 0) is 16.6 Å². The van der Waals surface area contributed by atoms with E-state index in [9.17, 15) is 13.2 Å². The van der Waals surface area contributed by atoms with Crippen molar-refractivity contribution in [3.8, 4) is 0 Å². The Morgan fingerprint density at radius 1 is 1.67 bits per heavy atom. The summed E-state index contributed by atoms with van der Waals surface area (Å²) < 4.78 is 26.7. The third kappa shape index (κ3) is 1.61. The normalized spacial score (nSPS) is 18.2. The van der Waals surface area contributed by atoms with Crippen molar-refractivity contribution in [1.82, 2.24) is 19.8 Å². The van der Waals surface area contributed by atoms with E-state index >= 15 is 0 Å². The quantitative estimate of drug-likeness (QED) is 0.616. The van der Waals surface area contributed by atoms with Gasteiger partial charge >= 0.3 is 0 Å². The summed E-state index contributed by atoms with van der Waals surface area (Å²) in [5.74, 6) is -0.396. The van der Waals surface area contributed by atoms with Crippen LogP contribution in [0.25, 0.3) is 0 Å². The minimum absolute atomic E-state index is 0.0346. The van der Waals surface area contributed by atoms with E-state index in [1.54, 1.807) is 0 Å². The second-order valence-electron chi connectivity index (χ2n) is 3.07. The summed E-state index contributed by atoms with van der Waals surface area (Å²) in [6, 6.07) is 1.26. The summed E-state index contributed by atoms with van der Waals surface area (Å²) in [6.07, 6.45) is 0. The molecule has 0 unspecified atom stereocenters. The number of sulfonamides is 1. The van der Waals surface area contributed by atoms with Crippen LogP contribution in [0.4, 0.5) is 0 Å². The molecule has 1 amide bonds. The van der Waals surface area contributed by atoms with Crippen molar-refractivity contribution < 1.29 is 13.2 Å². The molecule has 1 aromatic rings. The van der Waals surface area contributed by atoms with Crippen LogP contribution in [0.2, 0.25) is 0 Å². The number of carbonyl (C=O) groups excluding carboxylic acids is 1. The maximum Gasteiger partial charge on any atom is 0.271 e. The second kappa shape index (κ2) is 3.31. The SMILES string of the molecule is CNC(=O)c1cc2n(n1)CCNS2(=O)=O. The Morgan fingerprint density at radius 3 is 3.00 bits per heavy atom. The molecule has 2 heterocycles. The van der Waals surface area contributed by atoms with Gasteiger partial charge < -0.3 is 5.32 Å². The zero-order chi connectivity index (χ0) is 11.1. The van der Waals surface area contributed by atoms with Crippen LogP contribution in [0, 0.1) is 0 Å². The molecule has 0 fully saturated rings. The molecule has 0 spiro atoms. The summed E-state index contributed by atoms with van der Waals surface area (Å²) in [6.45, 7) is 0.732. The lowest BCUT2D eigenvalue weighted by atomic mass is 10.4. The van der Waals surface area contributed by atoms with Crippen molar-refractivity contribution in [1.29, 1.82) is 0 Å². The van der Waals surface area contributed by atoms with Crippen LogP contribution in [0.15, 0.2) is 11.1 Å². The van der Waals surface area contributed by atoms with E-state index in [-0.39, 0.29) is 10.7 Å². The van der Waals surface area contributed by atoms with Crippen LogP contribution >= 0.6 is 0 Å². The number of hydrogen-bond acceptors (Lipinski definition) is 4. The molecule has 0 radical (unpaired) electrons. The fourth-order valence-electron chi connectivity index (χ4n) is 1.38. The summed E-state index contributed by atoms with van der Waals surface area (Å²) >= 11 is 0. The third-order valence-electron chi connectivity index (χ3n) is 2.09. The van der Waals surface area contributed by atoms with Gasteiger partial charge in [-0.15, -0.1) is 0 Å². The van der Waals surface area contributed by atoms with E-state index in [2.05, 4.69) is 15.1 Å². The largest absolute Gasteiger partial charge is 0.354 e. The van der Waals surface area contributed by atoms with Gasteiger partial charge in [0.15, 0.2) is 10.7 Å². The van der Waals surface area contributed by atoms with Crippen LogP contribution in [0.3, 0.4) is 0 Å². The highest BCUT2D eigenvalue weighted by Gasteiger charge is 2.26. The summed E-state index contributed by atoms with van der Waals surface area (Å²) in [7, 11) is -2.03. The van der Waals surface area contributed by atoms with Gasteiger partial charge in [-0.25, -0.2) is 13.1 Å². The molecule has 0 saturated carbocycles. The first kappa shape index (κ1) is 10.1. The Morgan fingerprint density at radius 2 is 2.40 bits per heavy atom. The predicted octanol–water partition coefficient (Wildman–Crippen LogP) is -1.47. The molecular formula is C7H10N4O3S. The molecule has 0 saturated heterocycles. The van der Waals surface area contributed by atoms with E-state index < -0.39 is 15.9 Å². The van der Waals surface area contributed by atoms with Crippen molar-refractivity contribution in [2.75, 3.05) is 13.6 Å². The highest BCUT2D eigenvalue weighted by molar-refractivity contribution is 7.89. The lowest BCUT2D eigenvalue weighted by Gasteiger charge is -2.14. The number of hydrogen-bond donors (Lipinski definition) is 2. The van der Waals surface area contributed by atoms with Crippen LogP contribution in [0.1, 0.15) is 10.5 Å². The van der Waals surface area contributed by atoms with Crippen molar-refractivity contribution >= 4 is 15.9 Å². The van der Waals surface area contributed by atoms with E-state index in [4.69, 9.17) is 0 Å². The van der Waals surface area contributed by atoms with Gasteiger partial charge in [-0.3, -0.25) is 9.48 Å². The van der Waals surface area contributed by atoms with Gasteiger partial charge in [-0.1, -0.05) is 0 Å². The third-order valence-corrected chi connectivity index (χ3v) is 3.56. The second-order valence-corrected chi connectivity index (χ2v) is 4.78. The van der Waals surface area contributed by atoms with E-state index in [0.29, 0.717) is 13.1 Å². The first-order chi connectivity index (χ1) is 7.04. The predicted molar refractivity (Wildman–Crippen MR) is 50.8 cm³/mol. The molecule has 82 valence electrons. The van der Waals surface area contributed by atoms with Gasteiger partial charge in [-0.2, -0.15) is 5.10 Å². The Bertz CT molecular complexity index is 504. The molecule has 15 heavy (non-hydrogen) atoms. The monoisotopic (exact) mass is 230 g/mol. The molecule has 0 atom stereocenters. The zero-order valence-electron chi connectivity index (χ0n) is 8.02. The minimum atomic E-state index is -3.49. The maximum atomic E-state index is 11.5. The van der Waals surface area contributed by atoms with E-state index in [1.165, 1.54) is 17.8 Å². The molecule has 1 aromatic heterocycles. The van der Waals surface area contributed by atoms with Crippen molar-refractivity contribution in [2.24, 2.45) is 0 Å². The van der Waals surface area contributed by atoms with Crippen LogP contribution < -0.4 is 10.0 Å². The van der Waals surface area contributed by atoms with Crippen molar-refractivity contribution in [3.05, 3.63) is 11.8 Å². The highest BCUT2D eigenvalue weighted by Crippen LogP contribution is 2.14. The number of carbonyl (C=O) groups is 1. The fourth-order valence-corrected chi connectivity index (χ4v) is 2.56. The molecule has 0 aliphatic carbocycles. The Hall–Kier alpha value is -1.41. The molecule has 8 heteroatoms. The Kier molecular flexibility index (Phi) is 2.24. The van der Waals surface area contributed by atoms with Crippen LogP contribution in [-0.4, -0.2) is 37.7 Å². The number of rotatable bonds is 1. The van der Waals surface area contributed by atoms with Gasteiger partial charge in [0.05, 0.1) is 6.54 Å². The first-order valence-electron chi connectivity index (χ1n) is 4.34. The molecule has 0 aromatic carbocycles. The zero-order valence-corrected chi connectivity index (χ0v) is 8.84. The van der Waals surface area contributed by atoms with Gasteiger partial charge in [0.2, 0.25) is 0 Å². The van der Waals surface area contributed by atoms with E-state index in [1.807, 2.05) is 0 Å². The fraction of sp³-hybridized carbons (Fsp3) is 0.429. The smallest absolute Gasteiger partial charge is 0.271 e. The number of fused-ring (bicyclic) bond motifs is 1.